The van der Waals surface area contributed by atoms with Gasteiger partial charge in [0.2, 0.25) is 0 Å². The van der Waals surface area contributed by atoms with Crippen molar-refractivity contribution >= 4 is 41.4 Å². The lowest BCUT2D eigenvalue weighted by atomic mass is 9.89. The van der Waals surface area contributed by atoms with Crippen LogP contribution in [0.4, 0.5) is 0 Å². The highest BCUT2D eigenvalue weighted by molar-refractivity contribution is 6.14. The molecule has 0 spiro atoms. The van der Waals surface area contributed by atoms with E-state index < -0.39 is 0 Å². The number of hydrogen-bond acceptors (Lipinski definition) is 7. The molecular weight excluding hydrogens is 528 g/mol. The minimum Gasteiger partial charge on any atom is -0.306 e. The summed E-state index contributed by atoms with van der Waals surface area (Å²) in [5, 5.41) is 0. The van der Waals surface area contributed by atoms with E-state index in [0.29, 0.717) is 6.42 Å². The van der Waals surface area contributed by atoms with Crippen molar-refractivity contribution < 1.29 is 33.6 Å². The second-order valence-corrected chi connectivity index (χ2v) is 10.6. The Balaban J connectivity index is 0.000000184. The molecule has 6 aliphatic rings. The molecule has 2 fully saturated rings. The van der Waals surface area contributed by atoms with E-state index in [4.69, 9.17) is 0 Å². The van der Waals surface area contributed by atoms with Crippen LogP contribution in [0.1, 0.15) is 58.8 Å². The van der Waals surface area contributed by atoms with E-state index in [2.05, 4.69) is 6.58 Å². The second kappa shape index (κ2) is 12.0. The van der Waals surface area contributed by atoms with Gasteiger partial charge in [-0.1, -0.05) is 14.0 Å². The fourth-order valence-corrected chi connectivity index (χ4v) is 6.38. The smallest absolute Gasteiger partial charge is 0.253 e. The molecule has 2 unspecified atom stereocenters. The molecular formula is C30H34N4O7. The van der Waals surface area contributed by atoms with Crippen LogP contribution in [0, 0.1) is 0 Å². The van der Waals surface area contributed by atoms with Gasteiger partial charge in [0.1, 0.15) is 0 Å². The van der Waals surface area contributed by atoms with E-state index in [1.807, 2.05) is 0 Å². The quantitative estimate of drug-likeness (QED) is 0.478. The molecule has 4 aliphatic heterocycles. The fourth-order valence-electron chi connectivity index (χ4n) is 6.38. The minimum atomic E-state index is -0.308. The maximum Gasteiger partial charge on any atom is 0.253 e. The first-order valence-corrected chi connectivity index (χ1v) is 13.5. The molecule has 0 aromatic carbocycles. The molecule has 2 atom stereocenters. The highest BCUT2D eigenvalue weighted by atomic mass is 16.2. The number of allylic oxidation sites excluding steroid dienone is 1. The van der Waals surface area contributed by atoms with Gasteiger partial charge in [0.25, 0.3) is 41.4 Å². The van der Waals surface area contributed by atoms with Gasteiger partial charge in [-0.3, -0.25) is 48.3 Å². The molecule has 0 N–H and O–H groups in total. The van der Waals surface area contributed by atoms with Crippen molar-refractivity contribution in [3.05, 3.63) is 60.9 Å². The van der Waals surface area contributed by atoms with Gasteiger partial charge in [0.05, 0.1) is 0 Å². The van der Waals surface area contributed by atoms with Crippen LogP contribution in [0.15, 0.2) is 60.9 Å². The highest BCUT2D eigenvalue weighted by Gasteiger charge is 2.40. The zero-order chi connectivity index (χ0) is 28.6. The standard InChI is InChI=1S/C15H16N2O3.C14H14N2O4.CH4/c1-10-2-7-13(18)16(10)11-3-5-12(6-4-11)17-14(19)8-9-15(17)20;17-11-4-5-12(18)15(11)9-2-1-3-10(8-9)16-13(19)6-7-14(16)20;/h2,7-9,11-12H,1,3-6H2;4-7,9-10H,1-3,8H2;1H4. The van der Waals surface area contributed by atoms with Crippen molar-refractivity contribution in [1.82, 2.24) is 19.6 Å². The Morgan fingerprint density at radius 3 is 1.07 bits per heavy atom. The van der Waals surface area contributed by atoms with Crippen molar-refractivity contribution in [3.8, 4) is 0 Å². The fraction of sp³-hybridized carbons (Fsp3) is 0.433. The van der Waals surface area contributed by atoms with Crippen LogP contribution in [-0.4, -0.2) is 85.1 Å². The third kappa shape index (κ3) is 5.75. The number of hydrogen-bond donors (Lipinski definition) is 0. The molecule has 4 heterocycles. The summed E-state index contributed by atoms with van der Waals surface area (Å²) in [6.07, 6.45) is 16.7. The number of nitrogens with zero attached hydrogens (tertiary/aromatic N) is 4. The van der Waals surface area contributed by atoms with Gasteiger partial charge in [0.15, 0.2) is 0 Å². The number of amides is 7. The third-order valence-corrected chi connectivity index (χ3v) is 8.24. The van der Waals surface area contributed by atoms with Crippen molar-refractivity contribution in [2.45, 2.75) is 83.0 Å². The number of imide groups is 3. The first-order valence-electron chi connectivity index (χ1n) is 13.5. The normalized spacial score (nSPS) is 29.3. The molecule has 0 aromatic rings. The second-order valence-electron chi connectivity index (χ2n) is 10.6. The molecule has 2 saturated carbocycles. The SMILES string of the molecule is C.C=C1C=CC(=O)N1C1CCC(N2C(=O)C=CC2=O)CC1.O=C1C=CC(=O)N1C1CCCC(N2C(=O)C=CC2=O)C1. The predicted octanol–water partition coefficient (Wildman–Crippen LogP) is 1.92. The molecule has 41 heavy (non-hydrogen) atoms. The molecule has 0 saturated heterocycles. The van der Waals surface area contributed by atoms with Gasteiger partial charge in [-0.15, -0.1) is 0 Å². The zero-order valence-corrected chi connectivity index (χ0v) is 21.9. The summed E-state index contributed by atoms with van der Waals surface area (Å²) in [5.74, 6) is -1.69. The Hall–Kier alpha value is -4.41. The monoisotopic (exact) mass is 562 g/mol. The number of rotatable bonds is 4. The maximum atomic E-state index is 11.8. The van der Waals surface area contributed by atoms with Crippen LogP contribution in [0.2, 0.25) is 0 Å². The van der Waals surface area contributed by atoms with Crippen LogP contribution in [0.5, 0.6) is 0 Å². The average molecular weight is 563 g/mol. The van der Waals surface area contributed by atoms with E-state index >= 15 is 0 Å². The Morgan fingerprint density at radius 2 is 0.732 bits per heavy atom. The molecule has 0 bridgehead atoms. The topological polar surface area (TPSA) is 132 Å². The summed E-state index contributed by atoms with van der Waals surface area (Å²) < 4.78 is 0. The van der Waals surface area contributed by atoms with Crippen molar-refractivity contribution in [2.24, 2.45) is 0 Å². The average Bonchev–Trinajstić information content (AvgIpc) is 3.66. The number of carbonyl (C=O) groups excluding carboxylic acids is 7. The zero-order valence-electron chi connectivity index (χ0n) is 21.9. The van der Waals surface area contributed by atoms with E-state index in [1.165, 1.54) is 57.2 Å². The van der Waals surface area contributed by atoms with Crippen molar-refractivity contribution in [2.75, 3.05) is 0 Å². The summed E-state index contributed by atoms with van der Waals surface area (Å²) >= 11 is 0. The summed E-state index contributed by atoms with van der Waals surface area (Å²) in [4.78, 5) is 87.4. The lowest BCUT2D eigenvalue weighted by Gasteiger charge is -2.37. The Kier molecular flexibility index (Phi) is 8.65. The van der Waals surface area contributed by atoms with Crippen LogP contribution < -0.4 is 0 Å². The van der Waals surface area contributed by atoms with E-state index in [1.54, 1.807) is 11.0 Å². The van der Waals surface area contributed by atoms with Crippen molar-refractivity contribution in [1.29, 1.82) is 0 Å². The van der Waals surface area contributed by atoms with Gasteiger partial charge < -0.3 is 4.90 Å². The van der Waals surface area contributed by atoms with Crippen LogP contribution in [-0.2, 0) is 33.6 Å². The van der Waals surface area contributed by atoms with Gasteiger partial charge in [-0.2, -0.15) is 0 Å². The maximum absolute atomic E-state index is 11.8. The van der Waals surface area contributed by atoms with Crippen LogP contribution in [0.3, 0.4) is 0 Å². The molecule has 2 aliphatic carbocycles. The largest absolute Gasteiger partial charge is 0.306 e. The van der Waals surface area contributed by atoms with Crippen molar-refractivity contribution in [3.63, 3.8) is 0 Å². The van der Waals surface area contributed by atoms with Gasteiger partial charge >= 0.3 is 0 Å². The van der Waals surface area contributed by atoms with Crippen LogP contribution in [0.25, 0.3) is 0 Å². The third-order valence-electron chi connectivity index (χ3n) is 8.24. The molecule has 0 aromatic heterocycles. The first kappa shape index (κ1) is 29.6. The van der Waals surface area contributed by atoms with E-state index in [9.17, 15) is 33.6 Å². The van der Waals surface area contributed by atoms with Gasteiger partial charge in [-0.05, 0) is 57.4 Å². The Bertz CT molecular complexity index is 1150. The molecule has 11 heteroatoms. The summed E-state index contributed by atoms with van der Waals surface area (Å²) in [6, 6.07) is -0.378. The van der Waals surface area contributed by atoms with Gasteiger partial charge in [0, 0.05) is 72.4 Å². The Labute approximate surface area is 238 Å². The summed E-state index contributed by atoms with van der Waals surface area (Å²) in [7, 11) is 0. The van der Waals surface area contributed by atoms with E-state index in [-0.39, 0.29) is 72.9 Å². The summed E-state index contributed by atoms with van der Waals surface area (Å²) in [6.45, 7) is 3.87. The summed E-state index contributed by atoms with van der Waals surface area (Å²) in [5.41, 5.74) is 0.730. The lowest BCUT2D eigenvalue weighted by Crippen LogP contribution is -2.49. The predicted molar refractivity (Wildman–Crippen MR) is 147 cm³/mol. The number of carbonyl (C=O) groups is 7. The first-order chi connectivity index (χ1) is 19.2. The molecule has 6 rings (SSSR count). The lowest BCUT2D eigenvalue weighted by molar-refractivity contribution is -0.144. The molecule has 0 radical (unpaired) electrons. The molecule has 216 valence electrons. The molecule has 11 nitrogen and oxygen atoms in total. The van der Waals surface area contributed by atoms with Crippen LogP contribution >= 0.6 is 0 Å². The Morgan fingerprint density at radius 1 is 0.439 bits per heavy atom. The van der Waals surface area contributed by atoms with Gasteiger partial charge in [-0.25, -0.2) is 0 Å². The highest BCUT2D eigenvalue weighted by Crippen LogP contribution is 2.32. The van der Waals surface area contributed by atoms with E-state index in [0.717, 1.165) is 50.6 Å². The minimum absolute atomic E-state index is 0. The molecule has 7 amide bonds.